The third-order valence-electron chi connectivity index (χ3n) is 3.20. The van der Waals surface area contributed by atoms with E-state index >= 15 is 0 Å². The molecule has 0 aromatic carbocycles. The molecule has 1 aliphatic carbocycles. The second-order valence-corrected chi connectivity index (χ2v) is 6.73. The van der Waals surface area contributed by atoms with Gasteiger partial charge in [-0.3, -0.25) is 0 Å². The van der Waals surface area contributed by atoms with Crippen LogP contribution in [0, 0.1) is 6.92 Å². The van der Waals surface area contributed by atoms with E-state index in [1.165, 1.54) is 35.6 Å². The predicted octanol–water partition coefficient (Wildman–Crippen LogP) is 3.22. The van der Waals surface area contributed by atoms with Crippen LogP contribution in [0.4, 0.5) is 0 Å². The van der Waals surface area contributed by atoms with Crippen molar-refractivity contribution in [3.8, 4) is 0 Å². The van der Waals surface area contributed by atoms with E-state index in [-0.39, 0.29) is 0 Å². The third kappa shape index (κ3) is 2.99. The molecular formula is C12H20N2S2. The van der Waals surface area contributed by atoms with Gasteiger partial charge < -0.3 is 5.32 Å². The highest BCUT2D eigenvalue weighted by Gasteiger charge is 2.26. The van der Waals surface area contributed by atoms with Gasteiger partial charge in [-0.25, -0.2) is 4.98 Å². The van der Waals surface area contributed by atoms with Crippen LogP contribution in [-0.4, -0.2) is 22.0 Å². The molecule has 1 fully saturated rings. The number of nitrogens with zero attached hydrogens (tertiary/aromatic N) is 1. The molecular weight excluding hydrogens is 236 g/mol. The summed E-state index contributed by atoms with van der Waals surface area (Å²) < 4.78 is 0. The number of hydrogen-bond acceptors (Lipinski definition) is 4. The summed E-state index contributed by atoms with van der Waals surface area (Å²) >= 11 is 3.88. The van der Waals surface area contributed by atoms with Crippen LogP contribution in [0.2, 0.25) is 0 Å². The van der Waals surface area contributed by atoms with Crippen molar-refractivity contribution in [1.82, 2.24) is 10.3 Å². The molecule has 0 spiro atoms. The second kappa shape index (κ2) is 6.03. The fourth-order valence-corrected chi connectivity index (χ4v) is 4.25. The Morgan fingerprint density at radius 2 is 2.44 bits per heavy atom. The number of rotatable bonds is 5. The highest BCUT2D eigenvalue weighted by atomic mass is 32.2. The Morgan fingerprint density at radius 1 is 1.56 bits per heavy atom. The first-order valence-corrected chi connectivity index (χ1v) is 7.98. The Morgan fingerprint density at radius 3 is 3.12 bits per heavy atom. The van der Waals surface area contributed by atoms with Crippen LogP contribution < -0.4 is 5.32 Å². The summed E-state index contributed by atoms with van der Waals surface area (Å²) in [5, 5.41) is 4.54. The van der Waals surface area contributed by atoms with Gasteiger partial charge in [-0.15, -0.1) is 11.3 Å². The fourth-order valence-electron chi connectivity index (χ4n) is 2.29. The molecule has 2 atom stereocenters. The average molecular weight is 256 g/mol. The lowest BCUT2D eigenvalue weighted by molar-refractivity contribution is 0.534. The molecule has 1 aromatic heterocycles. The van der Waals surface area contributed by atoms with Crippen molar-refractivity contribution in [3.63, 3.8) is 0 Å². The zero-order valence-corrected chi connectivity index (χ0v) is 11.7. The largest absolute Gasteiger partial charge is 0.308 e. The highest BCUT2D eigenvalue weighted by molar-refractivity contribution is 7.99. The maximum atomic E-state index is 4.29. The molecule has 2 nitrogen and oxygen atoms in total. The van der Waals surface area contributed by atoms with Crippen molar-refractivity contribution < 1.29 is 0 Å². The maximum Gasteiger partial charge on any atom is 0.0798 e. The molecule has 1 aliphatic rings. The van der Waals surface area contributed by atoms with Crippen molar-refractivity contribution in [3.05, 3.63) is 16.1 Å². The average Bonchev–Trinajstić information content (AvgIpc) is 2.86. The van der Waals surface area contributed by atoms with E-state index in [0.29, 0.717) is 6.04 Å². The summed E-state index contributed by atoms with van der Waals surface area (Å²) in [6.45, 7) is 5.36. The number of hydrogen-bond donors (Lipinski definition) is 1. The summed E-state index contributed by atoms with van der Waals surface area (Å²) in [6.07, 6.45) is 4.12. The van der Waals surface area contributed by atoms with Gasteiger partial charge in [0.15, 0.2) is 0 Å². The van der Waals surface area contributed by atoms with Crippen molar-refractivity contribution in [2.24, 2.45) is 0 Å². The van der Waals surface area contributed by atoms with E-state index in [0.717, 1.165) is 11.8 Å². The van der Waals surface area contributed by atoms with Crippen LogP contribution in [0.25, 0.3) is 0 Å². The lowest BCUT2D eigenvalue weighted by atomic mass is 10.2. The zero-order chi connectivity index (χ0) is 11.4. The van der Waals surface area contributed by atoms with Crippen molar-refractivity contribution >= 4 is 23.1 Å². The Bertz CT molecular complexity index is 325. The van der Waals surface area contributed by atoms with Gasteiger partial charge in [0.2, 0.25) is 0 Å². The van der Waals surface area contributed by atoms with E-state index in [4.69, 9.17) is 0 Å². The predicted molar refractivity (Wildman–Crippen MR) is 73.2 cm³/mol. The summed E-state index contributed by atoms with van der Waals surface area (Å²) in [4.78, 5) is 5.69. The summed E-state index contributed by atoms with van der Waals surface area (Å²) in [5.41, 5.74) is 3.13. The summed E-state index contributed by atoms with van der Waals surface area (Å²) in [6, 6.07) is 0.714. The maximum absolute atomic E-state index is 4.29. The second-order valence-electron chi connectivity index (χ2n) is 4.27. The Balaban J connectivity index is 1.83. The van der Waals surface area contributed by atoms with Crippen molar-refractivity contribution in [2.45, 2.75) is 50.9 Å². The van der Waals surface area contributed by atoms with Gasteiger partial charge in [-0.2, -0.15) is 11.8 Å². The number of nitrogens with one attached hydrogen (secondary N) is 1. The zero-order valence-electron chi connectivity index (χ0n) is 10.0. The van der Waals surface area contributed by atoms with Gasteiger partial charge in [0, 0.05) is 22.7 Å². The molecule has 1 N–H and O–H groups in total. The molecule has 1 saturated carbocycles. The molecule has 4 heteroatoms. The monoisotopic (exact) mass is 256 g/mol. The van der Waals surface area contributed by atoms with Crippen LogP contribution in [0.3, 0.4) is 0 Å². The molecule has 16 heavy (non-hydrogen) atoms. The van der Waals surface area contributed by atoms with Crippen LogP contribution in [0.15, 0.2) is 5.51 Å². The number of thioether (sulfide) groups is 1. The third-order valence-corrected chi connectivity index (χ3v) is 5.46. The van der Waals surface area contributed by atoms with Gasteiger partial charge in [-0.1, -0.05) is 13.3 Å². The minimum atomic E-state index is 0.714. The molecule has 2 rings (SSSR count). The van der Waals surface area contributed by atoms with Crippen molar-refractivity contribution in [1.29, 1.82) is 0 Å². The highest BCUT2D eigenvalue weighted by Crippen LogP contribution is 2.30. The SMILES string of the molecule is CCSC1CCCC1NCc1scnc1C. The first-order valence-electron chi connectivity index (χ1n) is 6.05. The quantitative estimate of drug-likeness (QED) is 0.875. The molecule has 0 saturated heterocycles. The van der Waals surface area contributed by atoms with Crippen LogP contribution in [0.5, 0.6) is 0 Å². The fraction of sp³-hybridized carbons (Fsp3) is 0.750. The molecule has 0 radical (unpaired) electrons. The molecule has 0 aliphatic heterocycles. The smallest absolute Gasteiger partial charge is 0.0798 e. The van der Waals surface area contributed by atoms with Crippen LogP contribution >= 0.6 is 23.1 Å². The molecule has 2 unspecified atom stereocenters. The number of aromatic nitrogens is 1. The lowest BCUT2D eigenvalue weighted by Gasteiger charge is -2.19. The van der Waals surface area contributed by atoms with Gasteiger partial charge in [0.05, 0.1) is 11.2 Å². The van der Waals surface area contributed by atoms with E-state index in [1.807, 2.05) is 5.51 Å². The molecule has 1 aromatic rings. The van der Waals surface area contributed by atoms with Crippen molar-refractivity contribution in [2.75, 3.05) is 5.75 Å². The van der Waals surface area contributed by atoms with Gasteiger partial charge in [0.1, 0.15) is 0 Å². The Labute approximate surface area is 106 Å². The van der Waals surface area contributed by atoms with E-state index < -0.39 is 0 Å². The summed E-state index contributed by atoms with van der Waals surface area (Å²) in [7, 11) is 0. The van der Waals surface area contributed by atoms with E-state index in [2.05, 4.69) is 35.9 Å². The van der Waals surface area contributed by atoms with Gasteiger partial charge >= 0.3 is 0 Å². The molecule has 90 valence electrons. The van der Waals surface area contributed by atoms with Crippen LogP contribution in [0.1, 0.15) is 36.8 Å². The van der Waals surface area contributed by atoms with E-state index in [9.17, 15) is 0 Å². The van der Waals surface area contributed by atoms with Crippen LogP contribution in [-0.2, 0) is 6.54 Å². The lowest BCUT2D eigenvalue weighted by Crippen LogP contribution is -2.33. The minimum Gasteiger partial charge on any atom is -0.308 e. The molecule has 1 heterocycles. The number of thiazole rings is 1. The van der Waals surface area contributed by atoms with E-state index in [1.54, 1.807) is 11.3 Å². The topological polar surface area (TPSA) is 24.9 Å². The Hall–Kier alpha value is -0.0600. The molecule has 0 amide bonds. The van der Waals surface area contributed by atoms with Gasteiger partial charge in [0.25, 0.3) is 0 Å². The summed E-state index contributed by atoms with van der Waals surface area (Å²) in [5.74, 6) is 1.24. The molecule has 0 bridgehead atoms. The number of aryl methyl sites for hydroxylation is 1. The minimum absolute atomic E-state index is 0.714. The first-order chi connectivity index (χ1) is 7.81. The first kappa shape index (κ1) is 12.4. The Kier molecular flexibility index (Phi) is 4.67. The standard InChI is InChI=1S/C12H20N2S2/c1-3-15-11-6-4-5-10(11)13-7-12-9(2)14-8-16-12/h8,10-11,13H,3-7H2,1-2H3. The van der Waals surface area contributed by atoms with Gasteiger partial charge in [-0.05, 0) is 25.5 Å². The normalized spacial score (nSPS) is 25.1.